The summed E-state index contributed by atoms with van der Waals surface area (Å²) in [6.45, 7) is 1.79. The summed E-state index contributed by atoms with van der Waals surface area (Å²) in [5.74, 6) is 0.0844. The van der Waals surface area contributed by atoms with Gasteiger partial charge in [-0.05, 0) is 31.2 Å². The summed E-state index contributed by atoms with van der Waals surface area (Å²) in [5, 5.41) is 11.0. The van der Waals surface area contributed by atoms with Gasteiger partial charge in [-0.1, -0.05) is 35.3 Å². The zero-order chi connectivity index (χ0) is 13.1. The van der Waals surface area contributed by atoms with E-state index < -0.39 is 0 Å². The number of benzene rings is 1. The van der Waals surface area contributed by atoms with E-state index in [4.69, 9.17) is 23.2 Å². The molecule has 0 saturated carbocycles. The highest BCUT2D eigenvalue weighted by Gasteiger charge is 2.12. The van der Waals surface area contributed by atoms with Crippen molar-refractivity contribution >= 4 is 34.5 Å². The molecule has 1 N–H and O–H groups in total. The number of halogens is 2. The van der Waals surface area contributed by atoms with Gasteiger partial charge in [-0.25, -0.2) is 0 Å². The van der Waals surface area contributed by atoms with Gasteiger partial charge in [-0.2, -0.15) is 0 Å². The first-order valence-electron chi connectivity index (χ1n) is 5.37. The summed E-state index contributed by atoms with van der Waals surface area (Å²) in [4.78, 5) is 4.18. The number of aliphatic hydroxyl groups excluding tert-OH is 1. The van der Waals surface area contributed by atoms with Crippen LogP contribution < -0.4 is 0 Å². The van der Waals surface area contributed by atoms with Crippen LogP contribution in [0.4, 0.5) is 0 Å². The monoisotopic (exact) mass is 279 g/mol. The molecule has 2 aromatic rings. The second kappa shape index (κ2) is 5.42. The molecule has 0 aliphatic carbocycles. The first-order chi connectivity index (χ1) is 8.61. The SMILES string of the molecule is C/C(=C(\O)c1cccc(Cl)c1Cl)c1ccccn1. The zero-order valence-corrected chi connectivity index (χ0v) is 11.2. The first-order valence-corrected chi connectivity index (χ1v) is 6.12. The smallest absolute Gasteiger partial charge is 0.129 e. The Morgan fingerprint density at radius 3 is 2.56 bits per heavy atom. The van der Waals surface area contributed by atoms with Crippen LogP contribution in [0.25, 0.3) is 11.3 Å². The third kappa shape index (κ3) is 2.50. The minimum atomic E-state index is 0.0844. The lowest BCUT2D eigenvalue weighted by molar-refractivity contribution is 0.513. The second-order valence-electron chi connectivity index (χ2n) is 3.79. The molecule has 2 rings (SSSR count). The van der Waals surface area contributed by atoms with Crippen molar-refractivity contribution in [2.45, 2.75) is 6.92 Å². The second-order valence-corrected chi connectivity index (χ2v) is 4.58. The summed E-state index contributed by atoms with van der Waals surface area (Å²) < 4.78 is 0. The van der Waals surface area contributed by atoms with Crippen molar-refractivity contribution in [1.82, 2.24) is 4.98 Å². The predicted octanol–water partition coefficient (Wildman–Crippen LogP) is 4.83. The predicted molar refractivity (Wildman–Crippen MR) is 75.8 cm³/mol. The third-order valence-corrected chi connectivity index (χ3v) is 3.43. The van der Waals surface area contributed by atoms with E-state index in [1.165, 1.54) is 0 Å². The number of allylic oxidation sites excluding steroid dienone is 1. The van der Waals surface area contributed by atoms with Crippen molar-refractivity contribution in [3.63, 3.8) is 0 Å². The van der Waals surface area contributed by atoms with Crippen LogP contribution in [0.3, 0.4) is 0 Å². The fraction of sp³-hybridized carbons (Fsp3) is 0.0714. The summed E-state index contributed by atoms with van der Waals surface area (Å²) in [7, 11) is 0. The molecule has 4 heteroatoms. The zero-order valence-electron chi connectivity index (χ0n) is 9.69. The van der Waals surface area contributed by atoms with Gasteiger partial charge in [-0.15, -0.1) is 0 Å². The molecule has 0 atom stereocenters. The normalized spacial score (nSPS) is 12.2. The molecule has 0 saturated heterocycles. The third-order valence-electron chi connectivity index (χ3n) is 2.61. The fourth-order valence-electron chi connectivity index (χ4n) is 1.59. The van der Waals surface area contributed by atoms with Gasteiger partial charge < -0.3 is 5.11 Å². The molecule has 0 bridgehead atoms. The van der Waals surface area contributed by atoms with Crippen LogP contribution in [0.2, 0.25) is 10.0 Å². The van der Waals surface area contributed by atoms with E-state index in [-0.39, 0.29) is 5.76 Å². The largest absolute Gasteiger partial charge is 0.507 e. The van der Waals surface area contributed by atoms with Crippen molar-refractivity contribution in [3.8, 4) is 0 Å². The first kappa shape index (κ1) is 12.9. The number of hydrogen-bond donors (Lipinski definition) is 1. The van der Waals surface area contributed by atoms with E-state index in [2.05, 4.69) is 4.98 Å². The van der Waals surface area contributed by atoms with E-state index >= 15 is 0 Å². The molecule has 0 unspecified atom stereocenters. The van der Waals surface area contributed by atoms with Gasteiger partial charge in [0.15, 0.2) is 0 Å². The Labute approximate surface area is 116 Å². The minimum absolute atomic E-state index is 0.0844. The minimum Gasteiger partial charge on any atom is -0.507 e. The van der Waals surface area contributed by atoms with E-state index in [9.17, 15) is 5.11 Å². The molecular formula is C14H11Cl2NO. The molecule has 0 spiro atoms. The Bertz CT molecular complexity index is 594. The number of rotatable bonds is 2. The maximum Gasteiger partial charge on any atom is 0.129 e. The van der Waals surface area contributed by atoms with Gasteiger partial charge in [0.2, 0.25) is 0 Å². The quantitative estimate of drug-likeness (QED) is 0.799. The van der Waals surface area contributed by atoms with Crippen LogP contribution in [0.1, 0.15) is 18.2 Å². The highest BCUT2D eigenvalue weighted by Crippen LogP contribution is 2.32. The highest BCUT2D eigenvalue weighted by molar-refractivity contribution is 6.43. The average Bonchev–Trinajstić information content (AvgIpc) is 2.41. The molecule has 2 nitrogen and oxygen atoms in total. The van der Waals surface area contributed by atoms with Gasteiger partial charge in [0.05, 0.1) is 15.7 Å². The highest BCUT2D eigenvalue weighted by atomic mass is 35.5. The van der Waals surface area contributed by atoms with Gasteiger partial charge in [-0.3, -0.25) is 4.98 Å². The average molecular weight is 280 g/mol. The van der Waals surface area contributed by atoms with E-state index in [0.29, 0.717) is 26.9 Å². The van der Waals surface area contributed by atoms with Crippen LogP contribution >= 0.6 is 23.2 Å². The van der Waals surface area contributed by atoms with Gasteiger partial charge >= 0.3 is 0 Å². The number of pyridine rings is 1. The Morgan fingerprint density at radius 1 is 1.11 bits per heavy atom. The molecule has 0 fully saturated rings. The standard InChI is InChI=1S/C14H11Cl2NO/c1-9(12-7-2-3-8-17-12)14(18)10-5-4-6-11(15)13(10)16/h2-8,18H,1H3/b14-9+. The van der Waals surface area contributed by atoms with Crippen molar-refractivity contribution < 1.29 is 5.11 Å². The Balaban J connectivity index is 2.54. The maximum atomic E-state index is 10.2. The van der Waals surface area contributed by atoms with E-state index in [0.717, 1.165) is 0 Å². The van der Waals surface area contributed by atoms with Crippen molar-refractivity contribution in [3.05, 3.63) is 63.9 Å². The summed E-state index contributed by atoms with van der Waals surface area (Å²) in [6.07, 6.45) is 1.67. The van der Waals surface area contributed by atoms with Gasteiger partial charge in [0, 0.05) is 17.3 Å². The Hall–Kier alpha value is -1.51. The fourth-order valence-corrected chi connectivity index (χ4v) is 1.98. The topological polar surface area (TPSA) is 33.1 Å². The van der Waals surface area contributed by atoms with Gasteiger partial charge in [0.25, 0.3) is 0 Å². The maximum absolute atomic E-state index is 10.2. The number of hydrogen-bond acceptors (Lipinski definition) is 2. The summed E-state index contributed by atoms with van der Waals surface area (Å²) in [6, 6.07) is 10.6. The molecule has 18 heavy (non-hydrogen) atoms. The van der Waals surface area contributed by atoms with Gasteiger partial charge in [0.1, 0.15) is 5.76 Å². The molecule has 0 amide bonds. The lowest BCUT2D eigenvalue weighted by Crippen LogP contribution is -1.92. The molecular weight excluding hydrogens is 269 g/mol. The van der Waals surface area contributed by atoms with Crippen LogP contribution in [0.15, 0.2) is 42.6 Å². The van der Waals surface area contributed by atoms with Crippen LogP contribution in [-0.4, -0.2) is 10.1 Å². The lowest BCUT2D eigenvalue weighted by Gasteiger charge is -2.08. The van der Waals surface area contributed by atoms with Crippen molar-refractivity contribution in [1.29, 1.82) is 0 Å². The molecule has 0 aliphatic rings. The molecule has 1 aromatic heterocycles. The van der Waals surface area contributed by atoms with Crippen LogP contribution in [0.5, 0.6) is 0 Å². The molecule has 1 heterocycles. The number of aromatic nitrogens is 1. The van der Waals surface area contributed by atoms with E-state index in [1.54, 1.807) is 31.3 Å². The number of aliphatic hydroxyl groups is 1. The van der Waals surface area contributed by atoms with Crippen molar-refractivity contribution in [2.24, 2.45) is 0 Å². The molecule has 1 aromatic carbocycles. The van der Waals surface area contributed by atoms with Crippen LogP contribution in [0, 0.1) is 0 Å². The molecule has 0 aliphatic heterocycles. The van der Waals surface area contributed by atoms with Crippen LogP contribution in [-0.2, 0) is 0 Å². The Kier molecular flexibility index (Phi) is 3.90. The Morgan fingerprint density at radius 2 is 1.89 bits per heavy atom. The molecule has 92 valence electrons. The van der Waals surface area contributed by atoms with Crippen molar-refractivity contribution in [2.75, 3.05) is 0 Å². The van der Waals surface area contributed by atoms with E-state index in [1.807, 2.05) is 18.2 Å². The number of nitrogens with zero attached hydrogens (tertiary/aromatic N) is 1. The summed E-state index contributed by atoms with van der Waals surface area (Å²) in [5.41, 5.74) is 1.86. The molecule has 0 radical (unpaired) electrons. The summed E-state index contributed by atoms with van der Waals surface area (Å²) >= 11 is 12.0. The lowest BCUT2D eigenvalue weighted by atomic mass is 10.1.